The van der Waals surface area contributed by atoms with Gasteiger partial charge in [-0.15, -0.1) is 0 Å². The molecule has 128 valence electrons. The van der Waals surface area contributed by atoms with E-state index in [-0.39, 0.29) is 0 Å². The van der Waals surface area contributed by atoms with Crippen LogP contribution in [0.1, 0.15) is 97.8 Å². The molecule has 4 heteroatoms. The number of hydrogen-bond acceptors (Lipinski definition) is 2. The van der Waals surface area contributed by atoms with E-state index in [1.165, 1.54) is 82.5 Å². The first-order chi connectivity index (χ1) is 10.0. The number of rotatable bonds is 12. The standard InChI is InChI=1S/C16H34.CH4N2O2/c1-4-5-6-7-8-9-10-11-12-13-14-15-16(2)3;2-3-1(4)5/h16H,4-15H2,1-3H3;3H,2H2,(H,4,5). The summed E-state index contributed by atoms with van der Waals surface area (Å²) in [6.45, 7) is 6.95. The van der Waals surface area contributed by atoms with Crippen molar-refractivity contribution >= 4 is 6.09 Å². The van der Waals surface area contributed by atoms with Gasteiger partial charge in [-0.25, -0.2) is 10.6 Å². The van der Waals surface area contributed by atoms with Crippen molar-refractivity contribution in [2.75, 3.05) is 0 Å². The van der Waals surface area contributed by atoms with E-state index in [2.05, 4.69) is 26.6 Å². The summed E-state index contributed by atoms with van der Waals surface area (Å²) in [5, 5.41) is 7.49. The van der Waals surface area contributed by atoms with E-state index in [9.17, 15) is 0 Å². The Hall–Kier alpha value is -0.770. The molecule has 0 heterocycles. The van der Waals surface area contributed by atoms with Crippen LogP contribution in [0.2, 0.25) is 0 Å². The van der Waals surface area contributed by atoms with Crippen LogP contribution in [0, 0.1) is 5.92 Å². The summed E-state index contributed by atoms with van der Waals surface area (Å²) in [4.78, 5) is 9.13. The van der Waals surface area contributed by atoms with Gasteiger partial charge in [-0.05, 0) is 5.92 Å². The Morgan fingerprint density at radius 1 is 0.905 bits per heavy atom. The summed E-state index contributed by atoms with van der Waals surface area (Å²) in [5.74, 6) is 5.22. The first-order valence-electron chi connectivity index (χ1n) is 8.74. The van der Waals surface area contributed by atoms with Crippen LogP contribution in [0.4, 0.5) is 4.79 Å². The molecule has 1 amide bonds. The zero-order chi connectivity index (χ0) is 16.3. The average Bonchev–Trinajstić information content (AvgIpc) is 2.45. The average molecular weight is 303 g/mol. The SMILES string of the molecule is CCCCCCCCCCCCCC(C)C.NNC(=O)O. The highest BCUT2D eigenvalue weighted by Crippen LogP contribution is 2.13. The van der Waals surface area contributed by atoms with Gasteiger partial charge in [0.05, 0.1) is 0 Å². The monoisotopic (exact) mass is 302 g/mol. The van der Waals surface area contributed by atoms with Gasteiger partial charge in [-0.1, -0.05) is 97.8 Å². The molecular formula is C17H38N2O2. The van der Waals surface area contributed by atoms with Crippen LogP contribution < -0.4 is 11.3 Å². The van der Waals surface area contributed by atoms with Gasteiger partial charge in [0, 0.05) is 0 Å². The number of nitrogens with one attached hydrogen (secondary N) is 1. The number of hydrazine groups is 1. The Balaban J connectivity index is 0. The summed E-state index contributed by atoms with van der Waals surface area (Å²) in [5.41, 5.74) is 1.44. The van der Waals surface area contributed by atoms with Gasteiger partial charge < -0.3 is 5.11 Å². The van der Waals surface area contributed by atoms with Crippen LogP contribution in [0.3, 0.4) is 0 Å². The number of amides is 1. The van der Waals surface area contributed by atoms with E-state index in [1.807, 2.05) is 0 Å². The lowest BCUT2D eigenvalue weighted by Crippen LogP contribution is -2.27. The Kier molecular flexibility index (Phi) is 20.6. The maximum atomic E-state index is 9.13. The minimum Gasteiger partial charge on any atom is -0.464 e. The summed E-state index contributed by atoms with van der Waals surface area (Å²) < 4.78 is 0. The molecule has 0 aromatic carbocycles. The highest BCUT2D eigenvalue weighted by Gasteiger charge is 1.95. The van der Waals surface area contributed by atoms with Crippen LogP contribution in [0.5, 0.6) is 0 Å². The van der Waals surface area contributed by atoms with Crippen LogP contribution in [0.25, 0.3) is 0 Å². The van der Waals surface area contributed by atoms with E-state index < -0.39 is 6.09 Å². The number of carbonyl (C=O) groups is 1. The fraction of sp³-hybridized carbons (Fsp3) is 0.941. The Bertz CT molecular complexity index is 209. The molecule has 0 bridgehead atoms. The van der Waals surface area contributed by atoms with Gasteiger partial charge in [0.15, 0.2) is 0 Å². The maximum absolute atomic E-state index is 9.13. The molecule has 0 atom stereocenters. The number of hydrogen-bond donors (Lipinski definition) is 3. The first-order valence-corrected chi connectivity index (χ1v) is 8.74. The Morgan fingerprint density at radius 2 is 1.24 bits per heavy atom. The second-order valence-electron chi connectivity index (χ2n) is 6.17. The highest BCUT2D eigenvalue weighted by atomic mass is 16.4. The van der Waals surface area contributed by atoms with Crippen LogP contribution in [-0.2, 0) is 0 Å². The molecule has 0 rings (SSSR count). The van der Waals surface area contributed by atoms with E-state index in [4.69, 9.17) is 9.90 Å². The number of nitrogens with two attached hydrogens (primary N) is 1. The first kappa shape index (κ1) is 22.5. The molecule has 0 radical (unpaired) electrons. The molecule has 4 nitrogen and oxygen atoms in total. The normalized spacial score (nSPS) is 10.1. The summed E-state index contributed by atoms with van der Waals surface area (Å²) in [7, 11) is 0. The molecule has 0 aliphatic carbocycles. The van der Waals surface area contributed by atoms with E-state index in [1.54, 1.807) is 0 Å². The third-order valence-electron chi connectivity index (χ3n) is 3.51. The van der Waals surface area contributed by atoms with Gasteiger partial charge in [0.1, 0.15) is 0 Å². The van der Waals surface area contributed by atoms with Crippen molar-refractivity contribution in [1.82, 2.24) is 5.43 Å². The zero-order valence-corrected chi connectivity index (χ0v) is 14.5. The Labute approximate surface area is 131 Å². The minimum atomic E-state index is -1.22. The summed E-state index contributed by atoms with van der Waals surface area (Å²) in [6, 6.07) is 0. The molecule has 0 aromatic heterocycles. The van der Waals surface area contributed by atoms with E-state index >= 15 is 0 Å². The largest absolute Gasteiger partial charge is 0.464 e. The quantitative estimate of drug-likeness (QED) is 0.194. The predicted octanol–water partition coefficient (Wildman–Crippen LogP) is 5.47. The van der Waals surface area contributed by atoms with Crippen molar-refractivity contribution < 1.29 is 9.90 Å². The van der Waals surface area contributed by atoms with Crippen molar-refractivity contribution in [3.8, 4) is 0 Å². The smallest absolute Gasteiger partial charge is 0.418 e. The lowest BCUT2D eigenvalue weighted by Gasteiger charge is -2.04. The number of carboxylic acid groups (broad SMARTS) is 1. The summed E-state index contributed by atoms with van der Waals surface area (Å²) in [6.07, 6.45) is 16.3. The molecule has 0 aliphatic rings. The molecule has 0 saturated carbocycles. The van der Waals surface area contributed by atoms with Gasteiger partial charge in [0.25, 0.3) is 0 Å². The van der Waals surface area contributed by atoms with Gasteiger partial charge in [0.2, 0.25) is 0 Å². The third kappa shape index (κ3) is 28.2. The molecular weight excluding hydrogens is 264 g/mol. The molecule has 0 aromatic rings. The van der Waals surface area contributed by atoms with Crippen molar-refractivity contribution in [2.45, 2.75) is 97.8 Å². The van der Waals surface area contributed by atoms with Crippen molar-refractivity contribution in [1.29, 1.82) is 0 Å². The summed E-state index contributed by atoms with van der Waals surface area (Å²) >= 11 is 0. The molecule has 0 fully saturated rings. The fourth-order valence-electron chi connectivity index (χ4n) is 2.22. The predicted molar refractivity (Wildman–Crippen MR) is 91.3 cm³/mol. The minimum absolute atomic E-state index is 0.901. The van der Waals surface area contributed by atoms with Crippen molar-refractivity contribution in [2.24, 2.45) is 11.8 Å². The third-order valence-corrected chi connectivity index (χ3v) is 3.51. The second kappa shape index (κ2) is 19.2. The van der Waals surface area contributed by atoms with Crippen LogP contribution in [0.15, 0.2) is 0 Å². The maximum Gasteiger partial charge on any atom is 0.418 e. The fourth-order valence-corrected chi connectivity index (χ4v) is 2.22. The van der Waals surface area contributed by atoms with Crippen molar-refractivity contribution in [3.63, 3.8) is 0 Å². The van der Waals surface area contributed by atoms with E-state index in [0.717, 1.165) is 5.92 Å². The lowest BCUT2D eigenvalue weighted by molar-refractivity contribution is 0.194. The second-order valence-corrected chi connectivity index (χ2v) is 6.17. The van der Waals surface area contributed by atoms with Gasteiger partial charge in [-0.3, -0.25) is 5.43 Å². The molecule has 0 aliphatic heterocycles. The molecule has 0 unspecified atom stereocenters. The van der Waals surface area contributed by atoms with Crippen LogP contribution >= 0.6 is 0 Å². The molecule has 4 N–H and O–H groups in total. The van der Waals surface area contributed by atoms with E-state index in [0.29, 0.717) is 0 Å². The van der Waals surface area contributed by atoms with Gasteiger partial charge in [-0.2, -0.15) is 0 Å². The molecule has 0 spiro atoms. The highest BCUT2D eigenvalue weighted by molar-refractivity contribution is 5.63. The topological polar surface area (TPSA) is 75.3 Å². The van der Waals surface area contributed by atoms with Crippen molar-refractivity contribution in [3.05, 3.63) is 0 Å². The zero-order valence-electron chi connectivity index (χ0n) is 14.5. The Morgan fingerprint density at radius 3 is 1.52 bits per heavy atom. The molecule has 21 heavy (non-hydrogen) atoms. The van der Waals surface area contributed by atoms with Crippen LogP contribution in [-0.4, -0.2) is 11.2 Å². The number of unbranched alkanes of at least 4 members (excludes halogenated alkanes) is 10. The molecule has 0 saturated heterocycles. The van der Waals surface area contributed by atoms with Gasteiger partial charge >= 0.3 is 6.09 Å². The lowest BCUT2D eigenvalue weighted by atomic mass is 10.0.